The number of halogens is 4. The Kier molecular flexibility index (Phi) is 8.63. The lowest BCUT2D eigenvalue weighted by Gasteiger charge is -2.21. The van der Waals surface area contributed by atoms with Crippen molar-refractivity contribution in [1.82, 2.24) is 15.0 Å². The third-order valence-corrected chi connectivity index (χ3v) is 6.30. The fourth-order valence-electron chi connectivity index (χ4n) is 4.34. The minimum Gasteiger partial charge on any atom is -0.460 e. The van der Waals surface area contributed by atoms with Crippen molar-refractivity contribution in [3.8, 4) is 34.0 Å². The van der Waals surface area contributed by atoms with Crippen LogP contribution in [0.1, 0.15) is 43.9 Å². The molecule has 0 atom stereocenters. The van der Waals surface area contributed by atoms with Gasteiger partial charge in [-0.1, -0.05) is 47.6 Å². The first-order valence-corrected chi connectivity index (χ1v) is 13.0. The van der Waals surface area contributed by atoms with Gasteiger partial charge in [0.2, 0.25) is 5.82 Å². The summed E-state index contributed by atoms with van der Waals surface area (Å²) in [6, 6.07) is 15.1. The summed E-state index contributed by atoms with van der Waals surface area (Å²) in [5, 5.41) is 3.86. The predicted molar refractivity (Wildman–Crippen MR) is 147 cm³/mol. The first-order chi connectivity index (χ1) is 19.2. The molecule has 3 aromatic carbocycles. The number of rotatable bonds is 8. The van der Waals surface area contributed by atoms with E-state index < -0.39 is 23.2 Å². The molecule has 216 valence electrons. The fraction of sp³-hybridized carbons (Fsp3) is 0.323. The van der Waals surface area contributed by atoms with Gasteiger partial charge < -0.3 is 14.2 Å². The summed E-state index contributed by atoms with van der Waals surface area (Å²) in [5.41, 5.74) is 0.642. The minimum atomic E-state index is -4.62. The molecule has 0 N–H and O–H groups in total. The molecule has 41 heavy (non-hydrogen) atoms. The number of aromatic nitrogens is 2. The fourth-order valence-corrected chi connectivity index (χ4v) is 4.34. The molecule has 0 aliphatic heterocycles. The summed E-state index contributed by atoms with van der Waals surface area (Å²) in [6.45, 7) is 7.76. The lowest BCUT2D eigenvalue weighted by Crippen LogP contribution is -2.27. The van der Waals surface area contributed by atoms with E-state index in [0.717, 1.165) is 6.07 Å². The molecular weight excluding hydrogens is 538 g/mol. The van der Waals surface area contributed by atoms with Crippen LogP contribution in [0.3, 0.4) is 0 Å². The minimum absolute atomic E-state index is 0.0419. The Morgan fingerprint density at radius 2 is 1.68 bits per heavy atom. The van der Waals surface area contributed by atoms with Gasteiger partial charge in [-0.3, -0.25) is 4.79 Å². The molecule has 0 spiro atoms. The number of carbonyl (C=O) groups is 1. The monoisotopic (exact) mass is 569 g/mol. The van der Waals surface area contributed by atoms with Crippen LogP contribution in [0, 0.1) is 12.7 Å². The van der Waals surface area contributed by atoms with Crippen LogP contribution >= 0.6 is 0 Å². The zero-order valence-electron chi connectivity index (χ0n) is 23.5. The SMILES string of the molecule is Cc1ccccc1-c1ccc(-c2nc(-c3ccc(CN(C)CCC(=O)OC(C)(C)C)c(F)c3)no2)cc1C(F)(F)F. The Hall–Kier alpha value is -4.05. The quantitative estimate of drug-likeness (QED) is 0.160. The predicted octanol–water partition coefficient (Wildman–Crippen LogP) is 7.70. The van der Waals surface area contributed by atoms with Crippen LogP contribution in [0.15, 0.2) is 65.2 Å². The molecule has 0 amide bonds. The molecule has 0 radical (unpaired) electrons. The number of nitrogens with zero attached hydrogens (tertiary/aromatic N) is 3. The van der Waals surface area contributed by atoms with E-state index in [2.05, 4.69) is 10.1 Å². The van der Waals surface area contributed by atoms with Gasteiger partial charge in [0.15, 0.2) is 0 Å². The maximum atomic E-state index is 14.9. The van der Waals surface area contributed by atoms with Crippen LogP contribution in [-0.4, -0.2) is 40.2 Å². The lowest BCUT2D eigenvalue weighted by atomic mass is 9.94. The van der Waals surface area contributed by atoms with Crippen LogP contribution in [0.25, 0.3) is 34.0 Å². The number of hydrogen-bond acceptors (Lipinski definition) is 6. The molecule has 0 saturated heterocycles. The van der Waals surface area contributed by atoms with Crippen molar-refractivity contribution in [3.63, 3.8) is 0 Å². The number of aryl methyl sites for hydroxylation is 1. The van der Waals surface area contributed by atoms with Crippen LogP contribution in [0.4, 0.5) is 17.6 Å². The smallest absolute Gasteiger partial charge is 0.417 e. The van der Waals surface area contributed by atoms with E-state index in [9.17, 15) is 22.4 Å². The second-order valence-corrected chi connectivity index (χ2v) is 10.9. The van der Waals surface area contributed by atoms with E-state index in [4.69, 9.17) is 9.26 Å². The second-order valence-electron chi connectivity index (χ2n) is 10.9. The molecule has 0 saturated carbocycles. The maximum Gasteiger partial charge on any atom is 0.417 e. The molecule has 4 aromatic rings. The zero-order chi connectivity index (χ0) is 29.9. The van der Waals surface area contributed by atoms with Crippen LogP contribution in [-0.2, 0) is 22.3 Å². The van der Waals surface area contributed by atoms with Gasteiger partial charge in [-0.05, 0) is 69.6 Å². The topological polar surface area (TPSA) is 68.5 Å². The largest absolute Gasteiger partial charge is 0.460 e. The Bertz CT molecular complexity index is 1540. The van der Waals surface area contributed by atoms with Crippen molar-refractivity contribution in [2.75, 3.05) is 13.6 Å². The first kappa shape index (κ1) is 29.9. The van der Waals surface area contributed by atoms with E-state index in [1.807, 2.05) is 0 Å². The number of benzene rings is 3. The molecular formula is C31H31F4N3O3. The molecule has 0 aliphatic rings. The highest BCUT2D eigenvalue weighted by atomic mass is 19.4. The van der Waals surface area contributed by atoms with Crippen LogP contribution in [0.2, 0.25) is 0 Å². The highest BCUT2D eigenvalue weighted by molar-refractivity contribution is 5.74. The van der Waals surface area contributed by atoms with Crippen molar-refractivity contribution in [2.45, 2.75) is 52.4 Å². The van der Waals surface area contributed by atoms with Crippen LogP contribution < -0.4 is 0 Å². The zero-order valence-corrected chi connectivity index (χ0v) is 23.5. The number of carbonyl (C=O) groups excluding carboxylic acids is 1. The van der Waals surface area contributed by atoms with E-state index in [1.165, 1.54) is 18.2 Å². The summed E-state index contributed by atoms with van der Waals surface area (Å²) in [6.07, 6.45) is -4.45. The summed E-state index contributed by atoms with van der Waals surface area (Å²) >= 11 is 0. The molecule has 1 heterocycles. The van der Waals surface area contributed by atoms with E-state index in [-0.39, 0.29) is 41.8 Å². The maximum absolute atomic E-state index is 14.9. The average molecular weight is 570 g/mol. The third-order valence-electron chi connectivity index (χ3n) is 6.30. The molecule has 4 rings (SSSR count). The van der Waals surface area contributed by atoms with Crippen molar-refractivity contribution < 1.29 is 31.6 Å². The summed E-state index contributed by atoms with van der Waals surface area (Å²) in [5.74, 6) is -0.923. The van der Waals surface area contributed by atoms with E-state index >= 15 is 0 Å². The molecule has 1 aromatic heterocycles. The average Bonchev–Trinajstić information content (AvgIpc) is 3.38. The van der Waals surface area contributed by atoms with Gasteiger partial charge in [-0.25, -0.2) is 4.39 Å². The van der Waals surface area contributed by atoms with E-state index in [1.54, 1.807) is 76.0 Å². The molecule has 0 aliphatic carbocycles. The third kappa shape index (κ3) is 7.58. The summed E-state index contributed by atoms with van der Waals surface area (Å²) < 4.78 is 67.6. The number of esters is 1. The molecule has 0 bridgehead atoms. The van der Waals surface area contributed by atoms with Gasteiger partial charge in [0, 0.05) is 29.8 Å². The number of ether oxygens (including phenoxy) is 1. The highest BCUT2D eigenvalue weighted by Gasteiger charge is 2.35. The van der Waals surface area contributed by atoms with E-state index in [0.29, 0.717) is 28.8 Å². The van der Waals surface area contributed by atoms with Gasteiger partial charge in [0.1, 0.15) is 11.4 Å². The molecule has 10 heteroatoms. The second kappa shape index (κ2) is 11.8. The Morgan fingerprint density at radius 3 is 2.34 bits per heavy atom. The number of alkyl halides is 3. The summed E-state index contributed by atoms with van der Waals surface area (Å²) in [4.78, 5) is 18.0. The highest BCUT2D eigenvalue weighted by Crippen LogP contribution is 2.40. The molecule has 6 nitrogen and oxygen atoms in total. The Balaban J connectivity index is 1.51. The molecule has 0 fully saturated rings. The van der Waals surface area contributed by atoms with Crippen molar-refractivity contribution in [3.05, 3.63) is 83.2 Å². The summed E-state index contributed by atoms with van der Waals surface area (Å²) in [7, 11) is 1.77. The van der Waals surface area contributed by atoms with Gasteiger partial charge in [-0.15, -0.1) is 0 Å². The van der Waals surface area contributed by atoms with Gasteiger partial charge in [-0.2, -0.15) is 18.2 Å². The van der Waals surface area contributed by atoms with Crippen LogP contribution in [0.5, 0.6) is 0 Å². The van der Waals surface area contributed by atoms with Gasteiger partial charge in [0.25, 0.3) is 5.89 Å². The lowest BCUT2D eigenvalue weighted by molar-refractivity contribution is -0.155. The van der Waals surface area contributed by atoms with Crippen molar-refractivity contribution >= 4 is 5.97 Å². The van der Waals surface area contributed by atoms with Crippen molar-refractivity contribution in [1.29, 1.82) is 0 Å². The first-order valence-electron chi connectivity index (χ1n) is 13.0. The molecule has 0 unspecified atom stereocenters. The Morgan fingerprint density at radius 1 is 0.976 bits per heavy atom. The normalized spacial score (nSPS) is 12.1. The van der Waals surface area contributed by atoms with Gasteiger partial charge in [0.05, 0.1) is 12.0 Å². The van der Waals surface area contributed by atoms with Crippen molar-refractivity contribution in [2.24, 2.45) is 0 Å². The standard InChI is InChI=1S/C31H31F4N3O3/c1-19-8-6-7-9-23(19)24-13-12-21(16-25(24)31(33,34)35)29-36-28(37-41-29)20-10-11-22(26(32)17-20)18-38(5)15-14-27(39)40-30(2,3)4/h6-13,16-17H,14-15,18H2,1-5H3. The Labute approximate surface area is 235 Å². The van der Waals surface area contributed by atoms with Gasteiger partial charge >= 0.3 is 12.1 Å². The number of hydrogen-bond donors (Lipinski definition) is 0.